The molecule has 230 valence electrons. The molecular formula is C36H39N7O2. The van der Waals surface area contributed by atoms with Crippen molar-refractivity contribution in [1.29, 1.82) is 0 Å². The second-order valence-corrected chi connectivity index (χ2v) is 12.8. The van der Waals surface area contributed by atoms with E-state index in [4.69, 9.17) is 5.10 Å². The molecule has 4 heterocycles. The van der Waals surface area contributed by atoms with Crippen molar-refractivity contribution in [3.05, 3.63) is 108 Å². The summed E-state index contributed by atoms with van der Waals surface area (Å²) in [7, 11) is 0. The van der Waals surface area contributed by atoms with Crippen molar-refractivity contribution in [2.75, 3.05) is 23.7 Å². The van der Waals surface area contributed by atoms with Gasteiger partial charge in [-0.05, 0) is 92.9 Å². The monoisotopic (exact) mass is 601 g/mol. The number of hydrogen-bond donors (Lipinski definition) is 3. The Labute approximate surface area is 263 Å². The Morgan fingerprint density at radius 3 is 2.38 bits per heavy atom. The van der Waals surface area contributed by atoms with Gasteiger partial charge in [-0.15, -0.1) is 0 Å². The first kappa shape index (κ1) is 30.1. The number of hydrogen-bond acceptors (Lipinski definition) is 6. The zero-order chi connectivity index (χ0) is 31.6. The molecule has 0 radical (unpaired) electrons. The van der Waals surface area contributed by atoms with E-state index in [1.54, 1.807) is 16.9 Å². The van der Waals surface area contributed by atoms with E-state index in [1.807, 2.05) is 79.7 Å². The summed E-state index contributed by atoms with van der Waals surface area (Å²) in [6, 6.07) is 24.6. The van der Waals surface area contributed by atoms with E-state index in [-0.39, 0.29) is 29.1 Å². The van der Waals surface area contributed by atoms with Crippen LogP contribution in [0.1, 0.15) is 66.8 Å². The van der Waals surface area contributed by atoms with Crippen LogP contribution >= 0.6 is 0 Å². The van der Waals surface area contributed by atoms with Gasteiger partial charge in [0.1, 0.15) is 11.5 Å². The fraction of sp³-hybridized carbons (Fsp3) is 0.306. The molecule has 5 aromatic rings. The standard InChI is InChI=1S/C36H39N7O2/c1-23-7-14-28(15-8-23)43-31(22-30(42-43)36(2,3)4)41-35(45)39-27-12-9-24(10-13-27)32(25-17-20-37-21-18-25)33(44)29-16-11-26-6-5-19-38-34(26)40-29/h5-16,19,22,25,32,37H,17-18,20-21H2,1-4H3,(H2,39,41,45). The van der Waals surface area contributed by atoms with Crippen LogP contribution in [0.3, 0.4) is 0 Å². The number of nitrogens with zero attached hydrogens (tertiary/aromatic N) is 4. The molecule has 0 bridgehead atoms. The Morgan fingerprint density at radius 1 is 0.933 bits per heavy atom. The molecule has 1 aliphatic heterocycles. The maximum absolute atomic E-state index is 14.0. The fourth-order valence-corrected chi connectivity index (χ4v) is 5.84. The maximum Gasteiger partial charge on any atom is 0.324 e. The van der Waals surface area contributed by atoms with Crippen LogP contribution in [0.4, 0.5) is 16.3 Å². The number of urea groups is 1. The Morgan fingerprint density at radius 2 is 1.67 bits per heavy atom. The van der Waals surface area contributed by atoms with Crippen molar-refractivity contribution in [2.45, 2.75) is 51.9 Å². The van der Waals surface area contributed by atoms with Crippen LogP contribution in [0.2, 0.25) is 0 Å². The summed E-state index contributed by atoms with van der Waals surface area (Å²) in [5.74, 6) is 0.406. The normalized spacial score (nSPS) is 14.7. The van der Waals surface area contributed by atoms with Gasteiger partial charge in [0.15, 0.2) is 11.4 Å². The zero-order valence-electron chi connectivity index (χ0n) is 26.2. The highest BCUT2D eigenvalue weighted by Crippen LogP contribution is 2.35. The maximum atomic E-state index is 14.0. The smallest absolute Gasteiger partial charge is 0.317 e. The minimum atomic E-state index is -0.379. The molecule has 1 atom stereocenters. The lowest BCUT2D eigenvalue weighted by Gasteiger charge is -2.30. The lowest BCUT2D eigenvalue weighted by molar-refractivity contribution is 0.0911. The molecule has 3 aromatic heterocycles. The van der Waals surface area contributed by atoms with E-state index in [0.29, 0.717) is 22.8 Å². The van der Waals surface area contributed by atoms with Crippen LogP contribution in [0.25, 0.3) is 16.7 Å². The van der Waals surface area contributed by atoms with Gasteiger partial charge < -0.3 is 10.6 Å². The number of amides is 2. The summed E-state index contributed by atoms with van der Waals surface area (Å²) in [4.78, 5) is 36.2. The second-order valence-electron chi connectivity index (χ2n) is 12.8. The topological polar surface area (TPSA) is 114 Å². The number of Topliss-reactive ketones (excluding diaryl/α,β-unsaturated/α-hetero) is 1. The Balaban J connectivity index is 1.22. The third-order valence-corrected chi connectivity index (χ3v) is 8.38. The van der Waals surface area contributed by atoms with Gasteiger partial charge in [-0.2, -0.15) is 5.10 Å². The van der Waals surface area contributed by atoms with Gasteiger partial charge in [-0.1, -0.05) is 50.6 Å². The zero-order valence-corrected chi connectivity index (χ0v) is 26.2. The minimum Gasteiger partial charge on any atom is -0.317 e. The van der Waals surface area contributed by atoms with Crippen molar-refractivity contribution in [3.8, 4) is 5.69 Å². The number of aromatic nitrogens is 4. The number of fused-ring (bicyclic) bond motifs is 1. The first-order valence-corrected chi connectivity index (χ1v) is 15.5. The summed E-state index contributed by atoms with van der Waals surface area (Å²) in [6.07, 6.45) is 3.49. The van der Waals surface area contributed by atoms with Crippen LogP contribution < -0.4 is 16.0 Å². The number of rotatable bonds is 7. The number of pyridine rings is 2. The molecule has 45 heavy (non-hydrogen) atoms. The van der Waals surface area contributed by atoms with E-state index < -0.39 is 0 Å². The van der Waals surface area contributed by atoms with Crippen molar-refractivity contribution < 1.29 is 9.59 Å². The number of carbonyl (C=O) groups is 2. The van der Waals surface area contributed by atoms with E-state index >= 15 is 0 Å². The molecule has 0 aliphatic carbocycles. The average Bonchev–Trinajstić information content (AvgIpc) is 3.47. The number of nitrogens with one attached hydrogen (secondary N) is 3. The second kappa shape index (κ2) is 12.6. The number of piperidine rings is 1. The summed E-state index contributed by atoms with van der Waals surface area (Å²) < 4.78 is 1.76. The molecule has 1 aliphatic rings. The molecular weight excluding hydrogens is 562 g/mol. The fourth-order valence-electron chi connectivity index (χ4n) is 5.84. The molecule has 1 saturated heterocycles. The van der Waals surface area contributed by atoms with Crippen LogP contribution in [-0.4, -0.2) is 44.7 Å². The number of anilines is 2. The Bertz CT molecular complexity index is 1820. The van der Waals surface area contributed by atoms with E-state index in [0.717, 1.165) is 53.8 Å². The van der Waals surface area contributed by atoms with Crippen molar-refractivity contribution in [1.82, 2.24) is 25.1 Å². The highest BCUT2D eigenvalue weighted by Gasteiger charge is 2.32. The lowest BCUT2D eigenvalue weighted by atomic mass is 9.77. The first-order valence-electron chi connectivity index (χ1n) is 15.5. The first-order chi connectivity index (χ1) is 21.7. The van der Waals surface area contributed by atoms with Gasteiger partial charge in [0.2, 0.25) is 0 Å². The van der Waals surface area contributed by atoms with Gasteiger partial charge in [0.25, 0.3) is 0 Å². The summed E-state index contributed by atoms with van der Waals surface area (Å²) in [5, 5.41) is 15.0. The van der Waals surface area contributed by atoms with Crippen LogP contribution in [0, 0.1) is 12.8 Å². The molecule has 9 heteroatoms. The Hall–Kier alpha value is -4.89. The van der Waals surface area contributed by atoms with Crippen LogP contribution in [0.5, 0.6) is 0 Å². The van der Waals surface area contributed by atoms with Crippen molar-refractivity contribution in [3.63, 3.8) is 0 Å². The predicted octanol–water partition coefficient (Wildman–Crippen LogP) is 7.03. The van der Waals surface area contributed by atoms with Gasteiger partial charge in [-0.25, -0.2) is 19.4 Å². The van der Waals surface area contributed by atoms with Crippen LogP contribution in [0.15, 0.2) is 85.1 Å². The molecule has 1 unspecified atom stereocenters. The number of carbonyl (C=O) groups excluding carboxylic acids is 2. The van der Waals surface area contributed by atoms with Gasteiger partial charge in [0, 0.05) is 28.8 Å². The van der Waals surface area contributed by atoms with E-state index in [9.17, 15) is 9.59 Å². The van der Waals surface area contributed by atoms with E-state index in [1.165, 1.54) is 0 Å². The Kier molecular flexibility index (Phi) is 8.45. The quantitative estimate of drug-likeness (QED) is 0.173. The highest BCUT2D eigenvalue weighted by atomic mass is 16.2. The number of ketones is 1. The molecule has 9 nitrogen and oxygen atoms in total. The molecule has 2 aromatic carbocycles. The summed E-state index contributed by atoms with van der Waals surface area (Å²) in [6.45, 7) is 10.1. The van der Waals surface area contributed by atoms with E-state index in [2.05, 4.69) is 46.7 Å². The van der Waals surface area contributed by atoms with Gasteiger partial charge >= 0.3 is 6.03 Å². The van der Waals surface area contributed by atoms with Crippen LogP contribution in [-0.2, 0) is 5.41 Å². The minimum absolute atomic E-state index is 0.00748. The number of benzene rings is 2. The highest BCUT2D eigenvalue weighted by molar-refractivity contribution is 6.01. The molecule has 0 saturated carbocycles. The largest absolute Gasteiger partial charge is 0.324 e. The van der Waals surface area contributed by atoms with Gasteiger partial charge in [0.05, 0.1) is 17.3 Å². The summed E-state index contributed by atoms with van der Waals surface area (Å²) in [5.41, 5.74) is 5.20. The third-order valence-electron chi connectivity index (χ3n) is 8.38. The molecule has 0 spiro atoms. The molecule has 1 fully saturated rings. The molecule has 2 amide bonds. The van der Waals surface area contributed by atoms with Gasteiger partial charge in [-0.3, -0.25) is 10.1 Å². The lowest BCUT2D eigenvalue weighted by Crippen LogP contribution is -2.34. The van der Waals surface area contributed by atoms with Crippen molar-refractivity contribution >= 4 is 34.4 Å². The number of aryl methyl sites for hydroxylation is 1. The predicted molar refractivity (Wildman–Crippen MR) is 178 cm³/mol. The third kappa shape index (κ3) is 6.78. The van der Waals surface area contributed by atoms with Crippen molar-refractivity contribution in [2.24, 2.45) is 5.92 Å². The molecule has 6 rings (SSSR count). The molecule has 3 N–H and O–H groups in total. The summed E-state index contributed by atoms with van der Waals surface area (Å²) >= 11 is 0. The average molecular weight is 602 g/mol. The SMILES string of the molecule is Cc1ccc(-n2nc(C(C)(C)C)cc2NC(=O)Nc2ccc(C(C(=O)c3ccc4cccnc4n3)C3CCNCC3)cc2)cc1.